The molecule has 1 saturated carbocycles. The van der Waals surface area contributed by atoms with E-state index < -0.39 is 0 Å². The van der Waals surface area contributed by atoms with E-state index in [1.165, 1.54) is 12.8 Å². The van der Waals surface area contributed by atoms with Gasteiger partial charge in [0.15, 0.2) is 5.82 Å². The van der Waals surface area contributed by atoms with Crippen molar-refractivity contribution in [2.75, 3.05) is 0 Å². The monoisotopic (exact) mass is 272 g/mol. The van der Waals surface area contributed by atoms with Crippen LogP contribution < -0.4 is 0 Å². The van der Waals surface area contributed by atoms with Crippen LogP contribution in [0.3, 0.4) is 0 Å². The smallest absolute Gasteiger partial charge is 0.167 e. The lowest BCUT2D eigenvalue weighted by atomic mass is 9.68. The Labute approximate surface area is 98.6 Å². The van der Waals surface area contributed by atoms with E-state index in [2.05, 4.69) is 45.2 Å². The van der Waals surface area contributed by atoms with E-state index in [0.29, 0.717) is 10.7 Å². The molecule has 1 heterocycles. The fourth-order valence-corrected chi connectivity index (χ4v) is 2.89. The number of hydrogen-bond acceptors (Lipinski definition) is 3. The zero-order chi connectivity index (χ0) is 11.1. The van der Waals surface area contributed by atoms with Crippen LogP contribution in [-0.2, 0) is 7.05 Å². The van der Waals surface area contributed by atoms with Crippen LogP contribution in [0.4, 0.5) is 0 Å². The standard InChI is InChI=1S/C10H17BrN4/c1-10(2)5-4-7(11)6-8(10)9-12-14-15(3)13-9/h7-8H,4-6H2,1-3H3. The Morgan fingerprint density at radius 3 is 2.80 bits per heavy atom. The molecule has 2 atom stereocenters. The van der Waals surface area contributed by atoms with Crippen LogP contribution in [0.25, 0.3) is 0 Å². The van der Waals surface area contributed by atoms with Gasteiger partial charge in [0.05, 0.1) is 7.05 Å². The van der Waals surface area contributed by atoms with Crippen molar-refractivity contribution in [2.45, 2.75) is 43.9 Å². The van der Waals surface area contributed by atoms with Gasteiger partial charge in [-0.25, -0.2) is 0 Å². The molecule has 0 N–H and O–H groups in total. The molecule has 0 saturated heterocycles. The first-order chi connectivity index (χ1) is 6.99. The maximum absolute atomic E-state index is 4.34. The van der Waals surface area contributed by atoms with Crippen molar-refractivity contribution in [1.82, 2.24) is 20.2 Å². The second-order valence-electron chi connectivity index (χ2n) is 5.05. The van der Waals surface area contributed by atoms with Gasteiger partial charge < -0.3 is 0 Å². The van der Waals surface area contributed by atoms with E-state index in [-0.39, 0.29) is 5.41 Å². The highest BCUT2D eigenvalue weighted by Gasteiger charge is 2.39. The predicted molar refractivity (Wildman–Crippen MR) is 61.9 cm³/mol. The van der Waals surface area contributed by atoms with Crippen molar-refractivity contribution in [2.24, 2.45) is 12.5 Å². The summed E-state index contributed by atoms with van der Waals surface area (Å²) >= 11 is 3.70. The molecule has 4 nitrogen and oxygen atoms in total. The molecule has 0 spiro atoms. The molecule has 0 aliphatic heterocycles. The second kappa shape index (κ2) is 3.85. The van der Waals surface area contributed by atoms with Crippen LogP contribution in [-0.4, -0.2) is 25.0 Å². The van der Waals surface area contributed by atoms with E-state index in [0.717, 1.165) is 12.2 Å². The minimum absolute atomic E-state index is 0.285. The quantitative estimate of drug-likeness (QED) is 0.737. The molecule has 1 aliphatic carbocycles. The summed E-state index contributed by atoms with van der Waals surface area (Å²) in [4.78, 5) is 2.14. The number of alkyl halides is 1. The lowest BCUT2D eigenvalue weighted by molar-refractivity contribution is 0.198. The Balaban J connectivity index is 2.25. The van der Waals surface area contributed by atoms with Gasteiger partial charge in [-0.05, 0) is 29.9 Å². The van der Waals surface area contributed by atoms with Gasteiger partial charge in [0, 0.05) is 10.7 Å². The SMILES string of the molecule is Cn1nnc(C2CC(Br)CCC2(C)C)n1. The van der Waals surface area contributed by atoms with Gasteiger partial charge in [0.2, 0.25) is 0 Å². The van der Waals surface area contributed by atoms with Crippen molar-refractivity contribution in [3.63, 3.8) is 0 Å². The third-order valence-electron chi connectivity index (χ3n) is 3.37. The van der Waals surface area contributed by atoms with Crippen LogP contribution in [0.15, 0.2) is 0 Å². The number of rotatable bonds is 1. The summed E-state index contributed by atoms with van der Waals surface area (Å²) in [7, 11) is 1.82. The maximum atomic E-state index is 4.34. The Morgan fingerprint density at radius 1 is 1.47 bits per heavy atom. The van der Waals surface area contributed by atoms with Crippen LogP contribution >= 0.6 is 15.9 Å². The normalized spacial score (nSPS) is 30.4. The molecule has 84 valence electrons. The lowest BCUT2D eigenvalue weighted by Gasteiger charge is -2.38. The fourth-order valence-electron chi connectivity index (χ4n) is 2.29. The topological polar surface area (TPSA) is 43.6 Å². The van der Waals surface area contributed by atoms with E-state index in [1.54, 1.807) is 4.80 Å². The number of aryl methyl sites for hydroxylation is 1. The summed E-state index contributed by atoms with van der Waals surface area (Å²) in [6, 6.07) is 0. The van der Waals surface area contributed by atoms with E-state index in [1.807, 2.05) is 7.05 Å². The van der Waals surface area contributed by atoms with Crippen molar-refractivity contribution in [3.05, 3.63) is 5.82 Å². The van der Waals surface area contributed by atoms with Crippen LogP contribution in [0, 0.1) is 5.41 Å². The van der Waals surface area contributed by atoms with Gasteiger partial charge >= 0.3 is 0 Å². The molecule has 15 heavy (non-hydrogen) atoms. The van der Waals surface area contributed by atoms with Crippen LogP contribution in [0.5, 0.6) is 0 Å². The Hall–Kier alpha value is -0.450. The molecule has 1 aromatic rings. The molecule has 0 amide bonds. The number of aromatic nitrogens is 4. The predicted octanol–water partition coefficient (Wildman–Crippen LogP) is 2.27. The highest BCUT2D eigenvalue weighted by atomic mass is 79.9. The molecule has 2 unspecified atom stereocenters. The minimum atomic E-state index is 0.285. The van der Waals surface area contributed by atoms with Gasteiger partial charge in [-0.2, -0.15) is 4.80 Å². The van der Waals surface area contributed by atoms with Crippen molar-refractivity contribution in [3.8, 4) is 0 Å². The molecule has 0 bridgehead atoms. The number of hydrogen-bond donors (Lipinski definition) is 0. The number of tetrazole rings is 1. The van der Waals surface area contributed by atoms with E-state index in [4.69, 9.17) is 0 Å². The number of nitrogens with zero attached hydrogens (tertiary/aromatic N) is 4. The zero-order valence-electron chi connectivity index (χ0n) is 9.44. The lowest BCUT2D eigenvalue weighted by Crippen LogP contribution is -2.31. The summed E-state index contributed by atoms with van der Waals surface area (Å²) in [5.74, 6) is 1.32. The van der Waals surface area contributed by atoms with Crippen LogP contribution in [0.1, 0.15) is 44.9 Å². The molecule has 1 aliphatic rings. The van der Waals surface area contributed by atoms with Crippen LogP contribution in [0.2, 0.25) is 0 Å². The number of halogens is 1. The molecule has 0 radical (unpaired) electrons. The molecule has 2 rings (SSSR count). The summed E-state index contributed by atoms with van der Waals surface area (Å²) in [6.45, 7) is 4.60. The second-order valence-corrected chi connectivity index (χ2v) is 6.34. The Bertz CT molecular complexity index is 347. The van der Waals surface area contributed by atoms with Crippen molar-refractivity contribution in [1.29, 1.82) is 0 Å². The molecular formula is C10H17BrN4. The Morgan fingerprint density at radius 2 is 2.20 bits per heavy atom. The first-order valence-corrected chi connectivity index (χ1v) is 6.28. The van der Waals surface area contributed by atoms with Gasteiger partial charge in [0.25, 0.3) is 0 Å². The average Bonchev–Trinajstić information content (AvgIpc) is 2.56. The third kappa shape index (κ3) is 2.22. The molecule has 5 heteroatoms. The van der Waals surface area contributed by atoms with Gasteiger partial charge in [0.1, 0.15) is 0 Å². The van der Waals surface area contributed by atoms with E-state index >= 15 is 0 Å². The molecule has 1 fully saturated rings. The largest absolute Gasteiger partial charge is 0.178 e. The third-order valence-corrected chi connectivity index (χ3v) is 4.20. The van der Waals surface area contributed by atoms with Gasteiger partial charge in [-0.15, -0.1) is 10.2 Å². The molecule has 1 aromatic heterocycles. The Kier molecular flexibility index (Phi) is 2.83. The summed E-state index contributed by atoms with van der Waals surface area (Å²) in [5, 5.41) is 12.4. The van der Waals surface area contributed by atoms with Crippen molar-refractivity contribution >= 4 is 15.9 Å². The first kappa shape index (κ1) is 11.0. The average molecular weight is 273 g/mol. The molecule has 0 aromatic carbocycles. The maximum Gasteiger partial charge on any atom is 0.178 e. The fraction of sp³-hybridized carbons (Fsp3) is 0.900. The van der Waals surface area contributed by atoms with Gasteiger partial charge in [-0.1, -0.05) is 29.8 Å². The summed E-state index contributed by atoms with van der Waals surface area (Å²) in [5.41, 5.74) is 0.285. The first-order valence-electron chi connectivity index (χ1n) is 5.37. The van der Waals surface area contributed by atoms with E-state index in [9.17, 15) is 0 Å². The summed E-state index contributed by atoms with van der Waals surface area (Å²) in [6.07, 6.45) is 3.56. The zero-order valence-corrected chi connectivity index (χ0v) is 11.0. The minimum Gasteiger partial charge on any atom is -0.167 e. The highest BCUT2D eigenvalue weighted by molar-refractivity contribution is 9.09. The summed E-state index contributed by atoms with van der Waals surface area (Å²) < 4.78 is 0. The molecular weight excluding hydrogens is 256 g/mol. The van der Waals surface area contributed by atoms with Gasteiger partial charge in [-0.3, -0.25) is 0 Å². The van der Waals surface area contributed by atoms with Crippen molar-refractivity contribution < 1.29 is 0 Å². The highest BCUT2D eigenvalue weighted by Crippen LogP contribution is 2.47.